The van der Waals surface area contributed by atoms with Crippen LogP contribution in [-0.4, -0.2) is 15.0 Å². The molecule has 10 rings (SSSR count). The molecule has 0 atom stereocenters. The largest absolute Gasteiger partial charge is 0.436 e. The molecule has 7 heteroatoms. The summed E-state index contributed by atoms with van der Waals surface area (Å²) >= 11 is 1.71. The van der Waals surface area contributed by atoms with Gasteiger partial charge in [0.2, 0.25) is 11.8 Å². The standard InChI is InChI=1S/C43H26N4O2S/c1-2-8-31-26-39-37(25-30(31)7-1)45-42(49-39)28-15-21-33(22-16-28)47(32-19-13-27(14-20-32)41-44-35-9-3-5-11-38(35)48-41)34-23-17-29(18-24-34)43-46-36-10-4-6-12-40(36)50-43/h1-26H. The van der Waals surface area contributed by atoms with Gasteiger partial charge in [-0.15, -0.1) is 11.3 Å². The minimum Gasteiger partial charge on any atom is -0.436 e. The molecule has 0 aliphatic carbocycles. The maximum Gasteiger partial charge on any atom is 0.227 e. The molecule has 6 nitrogen and oxygen atoms in total. The summed E-state index contributed by atoms with van der Waals surface area (Å²) in [5.74, 6) is 1.19. The van der Waals surface area contributed by atoms with Crippen molar-refractivity contribution in [1.29, 1.82) is 0 Å². The number of hydrogen-bond acceptors (Lipinski definition) is 7. The Morgan fingerprint density at radius 3 is 1.58 bits per heavy atom. The van der Waals surface area contributed by atoms with Gasteiger partial charge < -0.3 is 13.7 Å². The van der Waals surface area contributed by atoms with E-state index in [2.05, 4.69) is 120 Å². The van der Waals surface area contributed by atoms with Crippen LogP contribution in [0, 0.1) is 0 Å². The molecule has 0 aliphatic rings. The van der Waals surface area contributed by atoms with Crippen LogP contribution in [0.2, 0.25) is 0 Å². The van der Waals surface area contributed by atoms with Crippen molar-refractivity contribution in [3.05, 3.63) is 158 Å². The number of fused-ring (bicyclic) bond motifs is 4. The normalized spacial score (nSPS) is 11.6. The van der Waals surface area contributed by atoms with E-state index < -0.39 is 0 Å². The van der Waals surface area contributed by atoms with Gasteiger partial charge in [0.1, 0.15) is 16.0 Å². The van der Waals surface area contributed by atoms with Crippen molar-refractivity contribution in [2.45, 2.75) is 0 Å². The first kappa shape index (κ1) is 28.4. The highest BCUT2D eigenvalue weighted by Gasteiger charge is 2.17. The Labute approximate surface area is 290 Å². The lowest BCUT2D eigenvalue weighted by Crippen LogP contribution is -2.09. The summed E-state index contributed by atoms with van der Waals surface area (Å²) in [5, 5.41) is 3.27. The van der Waals surface area contributed by atoms with E-state index in [0.29, 0.717) is 11.8 Å². The Balaban J connectivity index is 1.02. The number of benzene rings is 7. The summed E-state index contributed by atoms with van der Waals surface area (Å²) in [7, 11) is 0. The third kappa shape index (κ3) is 5.00. The number of nitrogens with zero attached hydrogens (tertiary/aromatic N) is 4. The number of oxazole rings is 2. The second-order valence-electron chi connectivity index (χ2n) is 12.1. The average molecular weight is 663 g/mol. The molecule has 0 aliphatic heterocycles. The van der Waals surface area contributed by atoms with Crippen molar-refractivity contribution in [2.75, 3.05) is 4.90 Å². The third-order valence-electron chi connectivity index (χ3n) is 8.96. The number of anilines is 3. The van der Waals surface area contributed by atoms with E-state index in [-0.39, 0.29) is 0 Å². The lowest BCUT2D eigenvalue weighted by Gasteiger charge is -2.26. The molecule has 0 saturated carbocycles. The fourth-order valence-corrected chi connectivity index (χ4v) is 7.41. The van der Waals surface area contributed by atoms with E-state index in [1.165, 1.54) is 4.70 Å². The lowest BCUT2D eigenvalue weighted by molar-refractivity contribution is 0.619. The van der Waals surface area contributed by atoms with Crippen molar-refractivity contribution in [2.24, 2.45) is 0 Å². The molecule has 0 unspecified atom stereocenters. The summed E-state index contributed by atoms with van der Waals surface area (Å²) in [6.07, 6.45) is 0. The zero-order chi connectivity index (χ0) is 33.0. The number of para-hydroxylation sites is 3. The van der Waals surface area contributed by atoms with Crippen LogP contribution in [0.25, 0.3) is 76.7 Å². The van der Waals surface area contributed by atoms with Crippen LogP contribution in [0.3, 0.4) is 0 Å². The molecule has 0 bridgehead atoms. The van der Waals surface area contributed by atoms with Crippen LogP contribution >= 0.6 is 11.3 Å². The predicted octanol–water partition coefficient (Wildman–Crippen LogP) is 12.2. The van der Waals surface area contributed by atoms with Crippen molar-refractivity contribution < 1.29 is 8.83 Å². The van der Waals surface area contributed by atoms with Gasteiger partial charge in [0.15, 0.2) is 11.2 Å². The zero-order valence-corrected chi connectivity index (χ0v) is 27.3. The molecule has 0 saturated heterocycles. The van der Waals surface area contributed by atoms with Crippen molar-refractivity contribution >= 4 is 71.6 Å². The first-order valence-corrected chi connectivity index (χ1v) is 17.2. The van der Waals surface area contributed by atoms with Crippen LogP contribution in [0.4, 0.5) is 17.1 Å². The van der Waals surface area contributed by atoms with Crippen LogP contribution in [-0.2, 0) is 0 Å². The van der Waals surface area contributed by atoms with Gasteiger partial charge in [-0.3, -0.25) is 0 Å². The van der Waals surface area contributed by atoms with Crippen molar-refractivity contribution in [3.63, 3.8) is 0 Å². The van der Waals surface area contributed by atoms with Gasteiger partial charge in [-0.1, -0.05) is 48.5 Å². The predicted molar refractivity (Wildman–Crippen MR) is 203 cm³/mol. The van der Waals surface area contributed by atoms with Crippen LogP contribution in [0.15, 0.2) is 167 Å². The van der Waals surface area contributed by atoms with Crippen LogP contribution < -0.4 is 4.90 Å². The molecule has 0 amide bonds. The van der Waals surface area contributed by atoms with E-state index >= 15 is 0 Å². The summed E-state index contributed by atoms with van der Waals surface area (Å²) in [4.78, 5) is 16.6. The molecule has 0 N–H and O–H groups in total. The Bertz CT molecular complexity index is 2580. The quantitative estimate of drug-likeness (QED) is 0.176. The highest BCUT2D eigenvalue weighted by Crippen LogP contribution is 2.39. The van der Waals surface area contributed by atoms with E-state index in [1.54, 1.807) is 11.3 Å². The molecule has 7 aromatic carbocycles. The van der Waals surface area contributed by atoms with Crippen molar-refractivity contribution in [1.82, 2.24) is 15.0 Å². The molecular formula is C43H26N4O2S. The zero-order valence-electron chi connectivity index (χ0n) is 26.5. The molecule has 3 heterocycles. The Morgan fingerprint density at radius 1 is 0.420 bits per heavy atom. The molecule has 0 radical (unpaired) electrons. The van der Waals surface area contributed by atoms with Crippen LogP contribution in [0.5, 0.6) is 0 Å². The smallest absolute Gasteiger partial charge is 0.227 e. The summed E-state index contributed by atoms with van der Waals surface area (Å²) in [5.41, 5.74) is 10.2. The Morgan fingerprint density at radius 2 is 0.940 bits per heavy atom. The molecule has 50 heavy (non-hydrogen) atoms. The maximum absolute atomic E-state index is 6.24. The molecule has 3 aromatic heterocycles. The van der Waals surface area contributed by atoms with Gasteiger partial charge in [-0.2, -0.15) is 0 Å². The van der Waals surface area contributed by atoms with Crippen molar-refractivity contribution in [3.8, 4) is 33.5 Å². The fourth-order valence-electron chi connectivity index (χ4n) is 6.43. The highest BCUT2D eigenvalue weighted by molar-refractivity contribution is 7.21. The molecule has 10 aromatic rings. The molecule has 236 valence electrons. The van der Waals surface area contributed by atoms with E-state index in [4.69, 9.17) is 23.8 Å². The van der Waals surface area contributed by atoms with Crippen LogP contribution in [0.1, 0.15) is 0 Å². The van der Waals surface area contributed by atoms with Gasteiger partial charge >= 0.3 is 0 Å². The topological polar surface area (TPSA) is 68.2 Å². The number of thiazole rings is 1. The van der Waals surface area contributed by atoms with Gasteiger partial charge in [0.25, 0.3) is 0 Å². The molecule has 0 fully saturated rings. The number of hydrogen-bond donors (Lipinski definition) is 0. The fraction of sp³-hybridized carbons (Fsp3) is 0. The second kappa shape index (κ2) is 11.5. The lowest BCUT2D eigenvalue weighted by atomic mass is 10.1. The van der Waals surface area contributed by atoms with E-state index in [9.17, 15) is 0 Å². The average Bonchev–Trinajstić information content (AvgIpc) is 3.92. The third-order valence-corrected chi connectivity index (χ3v) is 10.0. The summed E-state index contributed by atoms with van der Waals surface area (Å²) in [6.45, 7) is 0. The van der Waals surface area contributed by atoms with Gasteiger partial charge in [-0.25, -0.2) is 15.0 Å². The minimum absolute atomic E-state index is 0.594. The Kier molecular flexibility index (Phi) is 6.57. The first-order chi connectivity index (χ1) is 24.7. The number of rotatable bonds is 6. The summed E-state index contributed by atoms with van der Waals surface area (Å²) < 4.78 is 13.5. The van der Waals surface area contributed by atoms with Gasteiger partial charge in [0, 0.05) is 33.8 Å². The highest BCUT2D eigenvalue weighted by atomic mass is 32.1. The monoisotopic (exact) mass is 662 g/mol. The van der Waals surface area contributed by atoms with Gasteiger partial charge in [-0.05, 0) is 120 Å². The van der Waals surface area contributed by atoms with E-state index in [0.717, 1.165) is 77.2 Å². The number of aromatic nitrogens is 3. The first-order valence-electron chi connectivity index (χ1n) is 16.3. The Hall–Kier alpha value is -6.57. The maximum atomic E-state index is 6.24. The SMILES string of the molecule is c1ccc2cc3oc(-c4ccc(N(c5ccc(-c6nc7ccccc7o6)cc5)c5ccc(-c6nc7ccccc7s6)cc5)cc4)nc3cc2c1. The van der Waals surface area contributed by atoms with Gasteiger partial charge in [0.05, 0.1) is 10.2 Å². The van der Waals surface area contributed by atoms with E-state index in [1.807, 2.05) is 42.5 Å². The summed E-state index contributed by atoms with van der Waals surface area (Å²) in [6, 6.07) is 53.7. The minimum atomic E-state index is 0.594. The molecule has 0 spiro atoms. The second-order valence-corrected chi connectivity index (χ2v) is 13.2. The molecular weight excluding hydrogens is 637 g/mol.